The van der Waals surface area contributed by atoms with E-state index in [0.717, 1.165) is 12.5 Å². The van der Waals surface area contributed by atoms with Crippen LogP contribution in [0.3, 0.4) is 0 Å². The lowest BCUT2D eigenvalue weighted by atomic mass is 9.78. The van der Waals surface area contributed by atoms with Crippen molar-refractivity contribution in [1.82, 2.24) is 10.1 Å². The number of hydrogen-bond acceptors (Lipinski definition) is 4. The fourth-order valence-electron chi connectivity index (χ4n) is 3.61. The fraction of sp³-hybridized carbons (Fsp3) is 0.714. The monoisotopic (exact) mass is 264 g/mol. The predicted octanol–water partition coefficient (Wildman–Crippen LogP) is 2.53. The lowest BCUT2D eigenvalue weighted by molar-refractivity contribution is 0.0479. The summed E-state index contributed by atoms with van der Waals surface area (Å²) < 4.78 is 5.14. The number of rotatable bonds is 3. The molecule has 1 saturated carbocycles. The molecule has 2 heterocycles. The summed E-state index contributed by atoms with van der Waals surface area (Å²) in [6, 6.07) is 2.20. The minimum atomic E-state index is -1.02. The van der Waals surface area contributed by atoms with Crippen LogP contribution in [-0.4, -0.2) is 33.7 Å². The van der Waals surface area contributed by atoms with E-state index >= 15 is 0 Å². The largest absolute Gasteiger partial charge is 0.476 e. The Hall–Kier alpha value is -1.36. The van der Waals surface area contributed by atoms with Crippen molar-refractivity contribution in [3.8, 4) is 0 Å². The van der Waals surface area contributed by atoms with E-state index in [1.54, 1.807) is 6.07 Å². The minimum absolute atomic E-state index is 0.00667. The van der Waals surface area contributed by atoms with Gasteiger partial charge < -0.3 is 9.63 Å². The maximum Gasteiger partial charge on any atom is 0.358 e. The van der Waals surface area contributed by atoms with Gasteiger partial charge in [0.2, 0.25) is 0 Å². The third-order valence-electron chi connectivity index (χ3n) is 4.50. The Morgan fingerprint density at radius 3 is 2.95 bits per heavy atom. The molecule has 2 aliphatic rings. The fourth-order valence-corrected chi connectivity index (χ4v) is 3.61. The first-order valence-corrected chi connectivity index (χ1v) is 7.17. The summed E-state index contributed by atoms with van der Waals surface area (Å²) in [4.78, 5) is 13.3. The van der Waals surface area contributed by atoms with Gasteiger partial charge in [-0.25, -0.2) is 4.79 Å². The van der Waals surface area contributed by atoms with Crippen LogP contribution in [0.2, 0.25) is 0 Å². The molecule has 104 valence electrons. The Bertz CT molecular complexity index is 455. The number of carboxylic acid groups (broad SMARTS) is 1. The first-order valence-electron chi connectivity index (χ1n) is 7.17. The number of carboxylic acids is 1. The average molecular weight is 264 g/mol. The molecule has 1 aliphatic carbocycles. The zero-order valence-electron chi connectivity index (χ0n) is 11.0. The second-order valence-electron chi connectivity index (χ2n) is 5.71. The molecule has 5 nitrogen and oxygen atoms in total. The predicted molar refractivity (Wildman–Crippen MR) is 68.9 cm³/mol. The molecule has 0 amide bonds. The topological polar surface area (TPSA) is 66.6 Å². The lowest BCUT2D eigenvalue weighted by Gasteiger charge is -2.43. The number of aromatic nitrogens is 1. The van der Waals surface area contributed by atoms with Gasteiger partial charge in [0.15, 0.2) is 11.5 Å². The molecule has 1 N–H and O–H groups in total. The second-order valence-corrected chi connectivity index (χ2v) is 5.71. The molecule has 2 fully saturated rings. The van der Waals surface area contributed by atoms with E-state index in [9.17, 15) is 4.79 Å². The van der Waals surface area contributed by atoms with Crippen LogP contribution in [0.1, 0.15) is 54.8 Å². The van der Waals surface area contributed by atoms with Crippen molar-refractivity contribution in [2.75, 3.05) is 6.54 Å². The molecule has 1 aromatic rings. The van der Waals surface area contributed by atoms with Gasteiger partial charge in [0.25, 0.3) is 0 Å². The van der Waals surface area contributed by atoms with Crippen LogP contribution in [0, 0.1) is 5.92 Å². The number of likely N-dealkylation sites (tertiary alicyclic amines) is 1. The molecular weight excluding hydrogens is 244 g/mol. The van der Waals surface area contributed by atoms with Gasteiger partial charge in [-0.15, -0.1) is 0 Å². The lowest BCUT2D eigenvalue weighted by Crippen LogP contribution is -2.46. The normalized spacial score (nSPS) is 28.0. The first kappa shape index (κ1) is 12.7. The van der Waals surface area contributed by atoms with Crippen LogP contribution >= 0.6 is 0 Å². The zero-order valence-corrected chi connectivity index (χ0v) is 11.0. The minimum Gasteiger partial charge on any atom is -0.476 e. The quantitative estimate of drug-likeness (QED) is 0.908. The van der Waals surface area contributed by atoms with Crippen molar-refractivity contribution in [3.05, 3.63) is 17.5 Å². The SMILES string of the molecule is O=C(O)c1cc(CN2CCCC3CCCCC32)on1. The van der Waals surface area contributed by atoms with E-state index in [-0.39, 0.29) is 5.69 Å². The van der Waals surface area contributed by atoms with E-state index in [0.29, 0.717) is 18.3 Å². The van der Waals surface area contributed by atoms with Crippen LogP contribution < -0.4 is 0 Å². The van der Waals surface area contributed by atoms with E-state index in [2.05, 4.69) is 10.1 Å². The molecule has 0 aromatic carbocycles. The second kappa shape index (κ2) is 5.33. The third-order valence-corrected chi connectivity index (χ3v) is 4.50. The molecule has 19 heavy (non-hydrogen) atoms. The maximum absolute atomic E-state index is 10.8. The summed E-state index contributed by atoms with van der Waals surface area (Å²) in [6.07, 6.45) is 7.87. The van der Waals surface area contributed by atoms with Gasteiger partial charge in [-0.1, -0.05) is 18.0 Å². The van der Waals surface area contributed by atoms with Crippen LogP contribution in [-0.2, 0) is 6.54 Å². The molecule has 2 atom stereocenters. The van der Waals surface area contributed by atoms with Crippen molar-refractivity contribution in [2.45, 2.75) is 51.1 Å². The zero-order chi connectivity index (χ0) is 13.2. The van der Waals surface area contributed by atoms with E-state index in [1.165, 1.54) is 38.5 Å². The van der Waals surface area contributed by atoms with Crippen LogP contribution in [0.25, 0.3) is 0 Å². The van der Waals surface area contributed by atoms with Gasteiger partial charge in [0.05, 0.1) is 6.54 Å². The Labute approximate surface area is 112 Å². The Kier molecular flexibility index (Phi) is 3.55. The molecule has 1 aliphatic heterocycles. The van der Waals surface area contributed by atoms with Crippen molar-refractivity contribution in [3.63, 3.8) is 0 Å². The third kappa shape index (κ3) is 2.66. The highest BCUT2D eigenvalue weighted by Gasteiger charge is 2.33. The first-order chi connectivity index (χ1) is 9.24. The summed E-state index contributed by atoms with van der Waals surface area (Å²) in [5, 5.41) is 12.4. The highest BCUT2D eigenvalue weighted by molar-refractivity contribution is 5.85. The molecule has 5 heteroatoms. The van der Waals surface area contributed by atoms with Crippen molar-refractivity contribution in [2.24, 2.45) is 5.92 Å². The van der Waals surface area contributed by atoms with Crippen molar-refractivity contribution >= 4 is 5.97 Å². The molecule has 1 aromatic heterocycles. The highest BCUT2D eigenvalue weighted by atomic mass is 16.5. The van der Waals surface area contributed by atoms with Gasteiger partial charge >= 0.3 is 5.97 Å². The summed E-state index contributed by atoms with van der Waals surface area (Å²) in [7, 11) is 0. The van der Waals surface area contributed by atoms with Crippen molar-refractivity contribution < 1.29 is 14.4 Å². The molecule has 0 bridgehead atoms. The summed E-state index contributed by atoms with van der Waals surface area (Å²) in [5.74, 6) is 0.470. The van der Waals surface area contributed by atoms with Gasteiger partial charge in [0, 0.05) is 12.1 Å². The molecule has 0 radical (unpaired) electrons. The number of nitrogens with zero attached hydrogens (tertiary/aromatic N) is 2. The summed E-state index contributed by atoms with van der Waals surface area (Å²) in [5.41, 5.74) is 0.00667. The average Bonchev–Trinajstić information content (AvgIpc) is 2.88. The summed E-state index contributed by atoms with van der Waals surface area (Å²) in [6.45, 7) is 1.78. The van der Waals surface area contributed by atoms with Crippen LogP contribution in [0.4, 0.5) is 0 Å². The summed E-state index contributed by atoms with van der Waals surface area (Å²) >= 11 is 0. The molecule has 0 spiro atoms. The number of aromatic carboxylic acids is 1. The molecule has 3 rings (SSSR count). The maximum atomic E-state index is 10.8. The van der Waals surface area contributed by atoms with Gasteiger partial charge in [-0.3, -0.25) is 4.90 Å². The number of piperidine rings is 1. The highest BCUT2D eigenvalue weighted by Crippen LogP contribution is 2.35. The smallest absolute Gasteiger partial charge is 0.358 e. The number of hydrogen-bond donors (Lipinski definition) is 1. The van der Waals surface area contributed by atoms with Gasteiger partial charge in [-0.2, -0.15) is 0 Å². The molecule has 1 saturated heterocycles. The Morgan fingerprint density at radius 2 is 2.16 bits per heavy atom. The van der Waals surface area contributed by atoms with E-state index in [1.807, 2.05) is 0 Å². The number of carbonyl (C=O) groups is 1. The Morgan fingerprint density at radius 1 is 1.37 bits per heavy atom. The van der Waals surface area contributed by atoms with Crippen LogP contribution in [0.15, 0.2) is 10.6 Å². The molecule has 2 unspecified atom stereocenters. The van der Waals surface area contributed by atoms with Crippen molar-refractivity contribution in [1.29, 1.82) is 0 Å². The molecular formula is C14H20N2O3. The number of fused-ring (bicyclic) bond motifs is 1. The van der Waals surface area contributed by atoms with Gasteiger partial charge in [0.1, 0.15) is 0 Å². The van der Waals surface area contributed by atoms with E-state index in [4.69, 9.17) is 9.63 Å². The standard InChI is InChI=1S/C14H20N2O3/c17-14(18)12-8-11(19-15-12)9-16-7-3-5-10-4-1-2-6-13(10)16/h8,10,13H,1-7,9H2,(H,17,18). The van der Waals surface area contributed by atoms with E-state index < -0.39 is 5.97 Å². The van der Waals surface area contributed by atoms with Gasteiger partial charge in [-0.05, 0) is 38.1 Å². The van der Waals surface area contributed by atoms with Crippen LogP contribution in [0.5, 0.6) is 0 Å². The Balaban J connectivity index is 1.68.